The molecule has 3 rings (SSSR count). The maximum Gasteiger partial charge on any atom is 0.318 e. The van der Waals surface area contributed by atoms with Crippen LogP contribution < -0.4 is 5.32 Å². The second-order valence-electron chi connectivity index (χ2n) is 7.29. The number of nitrogens with zero attached hydrogens (tertiary/aromatic N) is 3. The van der Waals surface area contributed by atoms with Crippen molar-refractivity contribution in [3.05, 3.63) is 34.0 Å². The molecule has 0 radical (unpaired) electrons. The van der Waals surface area contributed by atoms with Gasteiger partial charge < -0.3 is 10.2 Å². The molecule has 0 saturated carbocycles. The van der Waals surface area contributed by atoms with E-state index >= 15 is 0 Å². The number of nitrogens with one attached hydrogen (secondary N) is 2. The molecule has 1 fully saturated rings. The van der Waals surface area contributed by atoms with Gasteiger partial charge in [-0.2, -0.15) is 5.10 Å². The highest BCUT2D eigenvalue weighted by atomic mass is 32.1. The topological polar surface area (TPSA) is 73.9 Å². The van der Waals surface area contributed by atoms with Crippen molar-refractivity contribution in [2.75, 3.05) is 6.54 Å². The van der Waals surface area contributed by atoms with Crippen LogP contribution in [0.15, 0.2) is 17.8 Å². The summed E-state index contributed by atoms with van der Waals surface area (Å²) in [4.78, 5) is 19.2. The van der Waals surface area contributed by atoms with Crippen LogP contribution in [0.1, 0.15) is 62.3 Å². The van der Waals surface area contributed by atoms with E-state index in [0.717, 1.165) is 42.1 Å². The Labute approximate surface area is 146 Å². The molecule has 1 saturated heterocycles. The second kappa shape index (κ2) is 6.93. The van der Waals surface area contributed by atoms with Crippen molar-refractivity contribution in [1.82, 2.24) is 25.4 Å². The molecule has 1 aliphatic rings. The zero-order valence-corrected chi connectivity index (χ0v) is 15.3. The van der Waals surface area contributed by atoms with Crippen LogP contribution in [-0.2, 0) is 12.0 Å². The highest BCUT2D eigenvalue weighted by Crippen LogP contribution is 2.30. The lowest BCUT2D eigenvalue weighted by Crippen LogP contribution is -2.44. The van der Waals surface area contributed by atoms with Gasteiger partial charge in [0.25, 0.3) is 0 Å². The van der Waals surface area contributed by atoms with Crippen LogP contribution >= 0.6 is 11.3 Å². The maximum atomic E-state index is 12.6. The summed E-state index contributed by atoms with van der Waals surface area (Å²) in [6.07, 6.45) is 6.86. The fourth-order valence-electron chi connectivity index (χ4n) is 2.96. The minimum absolute atomic E-state index is 0.0220. The monoisotopic (exact) mass is 347 g/mol. The summed E-state index contributed by atoms with van der Waals surface area (Å²) in [6, 6.07) is 0.0873. The van der Waals surface area contributed by atoms with Gasteiger partial charge in [0.15, 0.2) is 0 Å². The van der Waals surface area contributed by atoms with Gasteiger partial charge >= 0.3 is 6.03 Å². The predicted molar refractivity (Wildman–Crippen MR) is 94.9 cm³/mol. The molecular weight excluding hydrogens is 322 g/mol. The Morgan fingerprint density at radius 2 is 2.29 bits per heavy atom. The Bertz CT molecular complexity index is 673. The van der Waals surface area contributed by atoms with E-state index < -0.39 is 0 Å². The first-order valence-electron chi connectivity index (χ1n) is 8.43. The van der Waals surface area contributed by atoms with E-state index in [4.69, 9.17) is 0 Å². The third-order valence-corrected chi connectivity index (χ3v) is 5.60. The minimum atomic E-state index is -0.0220. The fraction of sp³-hybridized carbons (Fsp3) is 0.588. The van der Waals surface area contributed by atoms with Crippen LogP contribution in [0, 0.1) is 0 Å². The first kappa shape index (κ1) is 17.0. The number of aromatic amines is 1. The molecule has 1 aliphatic heterocycles. The number of piperidine rings is 1. The van der Waals surface area contributed by atoms with Gasteiger partial charge in [-0.15, -0.1) is 11.3 Å². The third kappa shape index (κ3) is 3.77. The molecular formula is C17H25N5OS. The number of hydrogen-bond acceptors (Lipinski definition) is 4. The summed E-state index contributed by atoms with van der Waals surface area (Å²) in [7, 11) is 0. The zero-order valence-electron chi connectivity index (χ0n) is 14.5. The largest absolute Gasteiger partial charge is 0.332 e. The smallest absolute Gasteiger partial charge is 0.318 e. The van der Waals surface area contributed by atoms with Gasteiger partial charge in [0.05, 0.1) is 29.5 Å². The van der Waals surface area contributed by atoms with Gasteiger partial charge in [-0.25, -0.2) is 9.78 Å². The number of aromatic nitrogens is 3. The molecule has 1 atom stereocenters. The molecule has 0 aliphatic carbocycles. The number of urea groups is 1. The molecule has 2 N–H and O–H groups in total. The second-order valence-corrected chi connectivity index (χ2v) is 8.15. The van der Waals surface area contributed by atoms with E-state index in [0.29, 0.717) is 6.54 Å². The molecule has 0 unspecified atom stereocenters. The number of H-pyrrole nitrogens is 1. The number of likely N-dealkylation sites (tertiary alicyclic amines) is 1. The van der Waals surface area contributed by atoms with Gasteiger partial charge in [-0.1, -0.05) is 20.8 Å². The van der Waals surface area contributed by atoms with Crippen molar-refractivity contribution in [1.29, 1.82) is 0 Å². The van der Waals surface area contributed by atoms with E-state index in [-0.39, 0.29) is 17.5 Å². The number of hydrogen-bond donors (Lipinski definition) is 2. The predicted octanol–water partition coefficient (Wildman–Crippen LogP) is 3.60. The normalized spacial score (nSPS) is 18.6. The van der Waals surface area contributed by atoms with Crippen LogP contribution in [0.4, 0.5) is 4.79 Å². The van der Waals surface area contributed by atoms with Crippen molar-refractivity contribution < 1.29 is 4.79 Å². The highest BCUT2D eigenvalue weighted by Gasteiger charge is 2.28. The summed E-state index contributed by atoms with van der Waals surface area (Å²) < 4.78 is 0. The Kier molecular flexibility index (Phi) is 4.89. The van der Waals surface area contributed by atoms with Crippen molar-refractivity contribution >= 4 is 17.4 Å². The summed E-state index contributed by atoms with van der Waals surface area (Å²) in [5.41, 5.74) is 2.05. The molecule has 0 spiro atoms. The summed E-state index contributed by atoms with van der Waals surface area (Å²) in [5, 5.41) is 13.0. The Hall–Kier alpha value is -1.89. The fourth-order valence-corrected chi connectivity index (χ4v) is 3.87. The molecule has 3 heterocycles. The van der Waals surface area contributed by atoms with Crippen LogP contribution in [0.5, 0.6) is 0 Å². The maximum absolute atomic E-state index is 12.6. The van der Waals surface area contributed by atoms with E-state index in [1.165, 1.54) is 0 Å². The molecule has 130 valence electrons. The number of carbonyl (C=O) groups excluding carboxylic acids is 1. The van der Waals surface area contributed by atoms with E-state index in [1.807, 2.05) is 22.7 Å². The van der Waals surface area contributed by atoms with Crippen molar-refractivity contribution in [3.8, 4) is 0 Å². The van der Waals surface area contributed by atoms with Gasteiger partial charge in [0.2, 0.25) is 0 Å². The quantitative estimate of drug-likeness (QED) is 0.891. The third-order valence-electron chi connectivity index (χ3n) is 4.28. The SMILES string of the molecule is CC(C)(C)c1nc(CNC(=O)N2CCCC[C@@H]2c2cn[nH]c2)cs1. The molecule has 2 aromatic rings. The lowest BCUT2D eigenvalue weighted by Gasteiger charge is -2.35. The molecule has 24 heavy (non-hydrogen) atoms. The molecule has 2 amide bonds. The van der Waals surface area contributed by atoms with E-state index in [1.54, 1.807) is 11.3 Å². The van der Waals surface area contributed by atoms with Gasteiger partial charge in [0, 0.05) is 29.1 Å². The number of thiazole rings is 1. The van der Waals surface area contributed by atoms with E-state index in [9.17, 15) is 4.79 Å². The average molecular weight is 347 g/mol. The summed E-state index contributed by atoms with van der Waals surface area (Å²) in [5.74, 6) is 0. The van der Waals surface area contributed by atoms with Crippen molar-refractivity contribution in [2.24, 2.45) is 0 Å². The van der Waals surface area contributed by atoms with Crippen LogP contribution in [0.2, 0.25) is 0 Å². The first-order valence-corrected chi connectivity index (χ1v) is 9.31. The zero-order chi connectivity index (χ0) is 17.2. The molecule has 2 aromatic heterocycles. The number of carbonyl (C=O) groups is 1. The lowest BCUT2D eigenvalue weighted by molar-refractivity contribution is 0.151. The van der Waals surface area contributed by atoms with Crippen molar-refractivity contribution in [2.45, 2.75) is 58.0 Å². The first-order chi connectivity index (χ1) is 11.4. The number of rotatable bonds is 3. The Balaban J connectivity index is 1.62. The summed E-state index contributed by atoms with van der Waals surface area (Å²) in [6.45, 7) is 7.71. The van der Waals surface area contributed by atoms with Gasteiger partial charge in [-0.05, 0) is 19.3 Å². The minimum Gasteiger partial charge on any atom is -0.332 e. The molecule has 0 bridgehead atoms. The molecule has 0 aromatic carbocycles. The number of amides is 2. The van der Waals surface area contributed by atoms with Crippen LogP contribution in [0.3, 0.4) is 0 Å². The molecule has 7 heteroatoms. The standard InChI is InChI=1S/C17H25N5OS/c1-17(2,3)15-21-13(11-24-15)10-18-16(23)22-7-5-4-6-14(22)12-8-19-20-9-12/h8-9,11,14H,4-7,10H2,1-3H3,(H,18,23)(H,19,20)/t14-/m1/s1. The van der Waals surface area contributed by atoms with Gasteiger partial charge in [-0.3, -0.25) is 5.10 Å². The Morgan fingerprint density at radius 1 is 1.46 bits per heavy atom. The average Bonchev–Trinajstić information content (AvgIpc) is 3.23. The van der Waals surface area contributed by atoms with Crippen LogP contribution in [-0.4, -0.2) is 32.7 Å². The Morgan fingerprint density at radius 3 is 2.96 bits per heavy atom. The van der Waals surface area contributed by atoms with Gasteiger partial charge in [0.1, 0.15) is 0 Å². The van der Waals surface area contributed by atoms with Crippen molar-refractivity contribution in [3.63, 3.8) is 0 Å². The highest BCUT2D eigenvalue weighted by molar-refractivity contribution is 7.09. The lowest BCUT2D eigenvalue weighted by atomic mass is 9.98. The molecule has 6 nitrogen and oxygen atoms in total. The van der Waals surface area contributed by atoms with Crippen LogP contribution in [0.25, 0.3) is 0 Å². The van der Waals surface area contributed by atoms with E-state index in [2.05, 4.69) is 41.3 Å². The summed E-state index contributed by atoms with van der Waals surface area (Å²) >= 11 is 1.65.